The maximum atomic E-state index is 13.1. The second kappa shape index (κ2) is 7.11. The van der Waals surface area contributed by atoms with Gasteiger partial charge in [0.25, 0.3) is 11.2 Å². The number of para-hydroxylation sites is 1. The number of aromatic nitrogens is 2. The van der Waals surface area contributed by atoms with Crippen molar-refractivity contribution in [2.45, 2.75) is 19.8 Å². The highest BCUT2D eigenvalue weighted by molar-refractivity contribution is 6.21. The predicted molar refractivity (Wildman–Crippen MR) is 110 cm³/mol. The van der Waals surface area contributed by atoms with E-state index in [1.807, 2.05) is 37.3 Å². The lowest BCUT2D eigenvalue weighted by Crippen LogP contribution is -2.16. The Labute approximate surface area is 160 Å². The number of aliphatic imine (C=N–C) groups is 1. The van der Waals surface area contributed by atoms with Crippen LogP contribution >= 0.6 is 0 Å². The van der Waals surface area contributed by atoms with Gasteiger partial charge in [-0.15, -0.1) is 0 Å². The summed E-state index contributed by atoms with van der Waals surface area (Å²) in [6, 6.07) is 13.7. The van der Waals surface area contributed by atoms with Crippen molar-refractivity contribution in [3.63, 3.8) is 0 Å². The summed E-state index contributed by atoms with van der Waals surface area (Å²) < 4.78 is 1.43. The number of aryl methyl sites for hydroxylation is 1. The van der Waals surface area contributed by atoms with Gasteiger partial charge >= 0.3 is 0 Å². The molecule has 0 amide bonds. The van der Waals surface area contributed by atoms with E-state index in [1.165, 1.54) is 16.8 Å². The molecule has 0 saturated carbocycles. The van der Waals surface area contributed by atoms with Crippen LogP contribution in [0.15, 0.2) is 58.3 Å². The number of fused-ring (bicyclic) bond motifs is 1. The van der Waals surface area contributed by atoms with Gasteiger partial charge in [-0.1, -0.05) is 31.5 Å². The van der Waals surface area contributed by atoms with E-state index in [0.29, 0.717) is 17.7 Å². The fraction of sp³-hybridized carbons (Fsp3) is 0.143. The number of hydrogen-bond acceptors (Lipinski definition) is 4. The summed E-state index contributed by atoms with van der Waals surface area (Å²) in [5, 5.41) is 14.0. The van der Waals surface area contributed by atoms with Gasteiger partial charge in [0.2, 0.25) is 0 Å². The zero-order chi connectivity index (χ0) is 19.7. The summed E-state index contributed by atoms with van der Waals surface area (Å²) in [5.74, 6) is 0. The van der Waals surface area contributed by atoms with Gasteiger partial charge in [-0.3, -0.25) is 25.0 Å². The van der Waals surface area contributed by atoms with Crippen LogP contribution in [0.3, 0.4) is 0 Å². The highest BCUT2D eigenvalue weighted by Gasteiger charge is 2.17. The van der Waals surface area contributed by atoms with Crippen molar-refractivity contribution in [1.82, 2.24) is 9.78 Å². The van der Waals surface area contributed by atoms with Gasteiger partial charge < -0.3 is 0 Å². The lowest BCUT2D eigenvalue weighted by molar-refractivity contribution is -0.384. The summed E-state index contributed by atoms with van der Waals surface area (Å²) in [4.78, 5) is 27.9. The van der Waals surface area contributed by atoms with E-state index in [0.717, 1.165) is 28.9 Å². The van der Waals surface area contributed by atoms with Crippen LogP contribution in [0.1, 0.15) is 30.2 Å². The Morgan fingerprint density at radius 3 is 2.64 bits per heavy atom. The Bertz CT molecular complexity index is 1170. The molecule has 0 spiro atoms. The lowest BCUT2D eigenvalue weighted by atomic mass is 10.0. The molecule has 3 aromatic rings. The monoisotopic (exact) mass is 374 g/mol. The molecule has 1 aromatic heterocycles. The highest BCUT2D eigenvalue weighted by Crippen LogP contribution is 2.32. The molecule has 0 fully saturated rings. The normalized spacial score (nSPS) is 13.8. The van der Waals surface area contributed by atoms with Crippen LogP contribution in [0.2, 0.25) is 0 Å². The Morgan fingerprint density at radius 1 is 1.18 bits per heavy atom. The molecule has 1 aliphatic heterocycles. The Balaban J connectivity index is 1.80. The van der Waals surface area contributed by atoms with Gasteiger partial charge in [-0.25, -0.2) is 4.68 Å². The molecular formula is C21H18N4O3. The molecule has 0 saturated heterocycles. The maximum Gasteiger partial charge on any atom is 0.278 e. The van der Waals surface area contributed by atoms with E-state index in [4.69, 9.17) is 0 Å². The molecule has 0 atom stereocenters. The number of nitro groups is 1. The Hall–Kier alpha value is -3.74. The zero-order valence-corrected chi connectivity index (χ0v) is 15.3. The predicted octanol–water partition coefficient (Wildman–Crippen LogP) is 4.28. The fourth-order valence-corrected chi connectivity index (χ4v) is 3.30. The molecule has 0 unspecified atom stereocenters. The van der Waals surface area contributed by atoms with E-state index in [9.17, 15) is 14.9 Å². The van der Waals surface area contributed by atoms with Crippen LogP contribution in [-0.4, -0.2) is 20.9 Å². The average molecular weight is 374 g/mol. The first kappa shape index (κ1) is 17.7. The van der Waals surface area contributed by atoms with Gasteiger partial charge in [0, 0.05) is 35.2 Å². The second-order valence-electron chi connectivity index (χ2n) is 6.54. The minimum absolute atomic E-state index is 0.0155. The number of aromatic amines is 1. The van der Waals surface area contributed by atoms with Crippen LogP contribution in [0.5, 0.6) is 0 Å². The van der Waals surface area contributed by atoms with Gasteiger partial charge in [0.1, 0.15) is 0 Å². The van der Waals surface area contributed by atoms with Crippen molar-refractivity contribution in [3.8, 4) is 5.69 Å². The molecule has 0 aliphatic carbocycles. The topological polar surface area (TPSA) is 93.3 Å². The van der Waals surface area contributed by atoms with Crippen molar-refractivity contribution < 1.29 is 4.92 Å². The van der Waals surface area contributed by atoms with Crippen molar-refractivity contribution in [2.24, 2.45) is 4.99 Å². The van der Waals surface area contributed by atoms with E-state index in [2.05, 4.69) is 10.1 Å². The number of allylic oxidation sites excluding steroid dienone is 1. The Morgan fingerprint density at radius 2 is 1.93 bits per heavy atom. The first-order chi connectivity index (χ1) is 13.6. The standard InChI is InChI=1S/C21H18N4O3/c1-2-5-20-18(12-14-13-22-19-7-4-3-6-17(14)19)21(26)24(23-20)15-8-10-16(11-9-15)25(27)28/h3-4,6-13,23H,2,5H2,1H3. The minimum atomic E-state index is -0.462. The summed E-state index contributed by atoms with van der Waals surface area (Å²) in [6.07, 6.45) is 5.22. The molecule has 0 bridgehead atoms. The maximum absolute atomic E-state index is 13.1. The third-order valence-electron chi connectivity index (χ3n) is 4.68. The molecule has 4 rings (SSSR count). The van der Waals surface area contributed by atoms with Gasteiger partial charge in [-0.2, -0.15) is 0 Å². The smallest absolute Gasteiger partial charge is 0.278 e. The molecule has 2 aromatic carbocycles. The molecule has 2 heterocycles. The van der Waals surface area contributed by atoms with Gasteiger partial charge in [0.15, 0.2) is 0 Å². The van der Waals surface area contributed by atoms with Crippen molar-refractivity contribution >= 4 is 29.2 Å². The zero-order valence-electron chi connectivity index (χ0n) is 15.3. The lowest BCUT2D eigenvalue weighted by Gasteiger charge is -2.01. The number of rotatable bonds is 5. The van der Waals surface area contributed by atoms with Crippen molar-refractivity contribution in [3.05, 3.63) is 85.8 Å². The number of nitrogens with zero attached hydrogens (tertiary/aromatic N) is 3. The van der Waals surface area contributed by atoms with E-state index in [1.54, 1.807) is 18.3 Å². The molecule has 28 heavy (non-hydrogen) atoms. The SMILES string of the molecule is CCCc1[nH]n(-c2ccc([N+](=O)[O-])cc2)c(=O)c1C=C1C=Nc2ccccc21. The van der Waals surface area contributed by atoms with Gasteiger partial charge in [0.05, 0.1) is 21.9 Å². The number of nitrogens with one attached hydrogen (secondary N) is 1. The van der Waals surface area contributed by atoms with E-state index >= 15 is 0 Å². The molecule has 0 radical (unpaired) electrons. The number of hydrogen-bond donors (Lipinski definition) is 1. The fourth-order valence-electron chi connectivity index (χ4n) is 3.30. The molecule has 140 valence electrons. The van der Waals surface area contributed by atoms with Crippen LogP contribution < -0.4 is 5.56 Å². The van der Waals surface area contributed by atoms with E-state index < -0.39 is 4.92 Å². The van der Waals surface area contributed by atoms with Crippen LogP contribution in [0.4, 0.5) is 11.4 Å². The second-order valence-corrected chi connectivity index (χ2v) is 6.54. The Kier molecular flexibility index (Phi) is 4.49. The third kappa shape index (κ3) is 3.07. The first-order valence-corrected chi connectivity index (χ1v) is 9.02. The van der Waals surface area contributed by atoms with Crippen molar-refractivity contribution in [2.75, 3.05) is 0 Å². The molecular weight excluding hydrogens is 356 g/mol. The summed E-state index contributed by atoms with van der Waals surface area (Å²) in [5.41, 5.74) is 4.53. The van der Waals surface area contributed by atoms with Gasteiger partial charge in [-0.05, 0) is 30.7 Å². The highest BCUT2D eigenvalue weighted by atomic mass is 16.6. The minimum Gasteiger partial charge on any atom is -0.294 e. The van der Waals surface area contributed by atoms with Crippen molar-refractivity contribution in [1.29, 1.82) is 0 Å². The quantitative estimate of drug-likeness (QED) is 0.533. The number of H-pyrrole nitrogens is 1. The summed E-state index contributed by atoms with van der Waals surface area (Å²) in [6.45, 7) is 2.05. The van der Waals surface area contributed by atoms with Crippen LogP contribution in [0, 0.1) is 10.1 Å². The van der Waals surface area contributed by atoms with E-state index in [-0.39, 0.29) is 11.2 Å². The first-order valence-electron chi connectivity index (χ1n) is 9.02. The largest absolute Gasteiger partial charge is 0.294 e. The third-order valence-corrected chi connectivity index (χ3v) is 4.68. The number of benzene rings is 2. The summed E-state index contributed by atoms with van der Waals surface area (Å²) in [7, 11) is 0. The molecule has 7 nitrogen and oxygen atoms in total. The summed E-state index contributed by atoms with van der Waals surface area (Å²) >= 11 is 0. The molecule has 1 N–H and O–H groups in total. The number of nitro benzene ring substituents is 1. The van der Waals surface area contributed by atoms with Crippen LogP contribution in [-0.2, 0) is 6.42 Å². The van der Waals surface area contributed by atoms with Crippen LogP contribution in [0.25, 0.3) is 17.3 Å². The molecule has 1 aliphatic rings. The average Bonchev–Trinajstić information content (AvgIpc) is 3.25. The number of non-ortho nitro benzene ring substituents is 1. The molecule has 7 heteroatoms.